The lowest BCUT2D eigenvalue weighted by atomic mass is 9.98. The molecule has 0 saturated heterocycles. The molecule has 0 spiro atoms. The van der Waals surface area contributed by atoms with E-state index in [0.29, 0.717) is 12.6 Å². The number of rotatable bonds is 4. The summed E-state index contributed by atoms with van der Waals surface area (Å²) in [6.07, 6.45) is 5.35. The molecule has 17 heavy (non-hydrogen) atoms. The number of nitrogens with two attached hydrogens (primary N) is 1. The zero-order valence-corrected chi connectivity index (χ0v) is 12.0. The highest BCUT2D eigenvalue weighted by molar-refractivity contribution is 9.10. The number of anilines is 1. The zero-order valence-electron chi connectivity index (χ0n) is 10.4. The van der Waals surface area contributed by atoms with Gasteiger partial charge in [0.25, 0.3) is 0 Å². The highest BCUT2D eigenvalue weighted by Gasteiger charge is 2.24. The average Bonchev–Trinajstić information content (AvgIpc) is 2.84. The van der Waals surface area contributed by atoms with Crippen molar-refractivity contribution in [3.05, 3.63) is 28.2 Å². The van der Waals surface area contributed by atoms with E-state index in [1.807, 2.05) is 0 Å². The first-order valence-electron chi connectivity index (χ1n) is 6.43. The van der Waals surface area contributed by atoms with Crippen LogP contribution in [0.5, 0.6) is 0 Å². The molecule has 0 radical (unpaired) electrons. The highest BCUT2D eigenvalue weighted by atomic mass is 79.9. The number of benzene rings is 1. The molecule has 94 valence electrons. The molecule has 0 aromatic heterocycles. The van der Waals surface area contributed by atoms with Crippen LogP contribution in [0, 0.1) is 12.8 Å². The van der Waals surface area contributed by atoms with Crippen molar-refractivity contribution in [2.45, 2.75) is 38.6 Å². The van der Waals surface area contributed by atoms with Gasteiger partial charge in [-0.15, -0.1) is 0 Å². The third-order valence-corrected chi connectivity index (χ3v) is 4.38. The molecule has 1 aromatic rings. The maximum absolute atomic E-state index is 5.91. The second-order valence-electron chi connectivity index (χ2n) is 5.01. The summed E-state index contributed by atoms with van der Waals surface area (Å²) in [5.74, 6) is 0.743. The topological polar surface area (TPSA) is 38.0 Å². The van der Waals surface area contributed by atoms with E-state index in [1.54, 1.807) is 0 Å². The number of aryl methyl sites for hydroxylation is 1. The van der Waals surface area contributed by atoms with Crippen molar-refractivity contribution in [3.8, 4) is 0 Å². The van der Waals surface area contributed by atoms with Crippen LogP contribution in [0.3, 0.4) is 0 Å². The summed E-state index contributed by atoms with van der Waals surface area (Å²) in [7, 11) is 0. The first-order chi connectivity index (χ1) is 8.20. The molecule has 0 bridgehead atoms. The zero-order chi connectivity index (χ0) is 12.3. The van der Waals surface area contributed by atoms with Crippen LogP contribution < -0.4 is 11.1 Å². The van der Waals surface area contributed by atoms with Crippen LogP contribution in [0.2, 0.25) is 0 Å². The van der Waals surface area contributed by atoms with Gasteiger partial charge < -0.3 is 11.1 Å². The molecule has 1 aliphatic rings. The molecule has 1 saturated carbocycles. The molecule has 1 aromatic carbocycles. The van der Waals surface area contributed by atoms with Gasteiger partial charge in [-0.25, -0.2) is 0 Å². The normalized spacial score (nSPS) is 18.3. The predicted octanol–water partition coefficient (Wildman–Crippen LogP) is 3.69. The van der Waals surface area contributed by atoms with Crippen LogP contribution in [-0.2, 0) is 0 Å². The first kappa shape index (κ1) is 12.9. The summed E-state index contributed by atoms with van der Waals surface area (Å²) in [6.45, 7) is 2.83. The summed E-state index contributed by atoms with van der Waals surface area (Å²) < 4.78 is 1.12. The Morgan fingerprint density at radius 3 is 2.76 bits per heavy atom. The molecule has 1 aliphatic carbocycles. The van der Waals surface area contributed by atoms with Gasteiger partial charge >= 0.3 is 0 Å². The summed E-state index contributed by atoms with van der Waals surface area (Å²) in [4.78, 5) is 0. The Kier molecular flexibility index (Phi) is 4.46. The molecule has 0 aliphatic heterocycles. The maximum atomic E-state index is 5.91. The highest BCUT2D eigenvalue weighted by Crippen LogP contribution is 2.31. The van der Waals surface area contributed by atoms with E-state index in [0.717, 1.165) is 10.4 Å². The fourth-order valence-corrected chi connectivity index (χ4v) is 3.04. The van der Waals surface area contributed by atoms with Crippen molar-refractivity contribution in [2.75, 3.05) is 11.9 Å². The first-order valence-corrected chi connectivity index (χ1v) is 7.23. The van der Waals surface area contributed by atoms with E-state index in [9.17, 15) is 0 Å². The Balaban J connectivity index is 2.09. The van der Waals surface area contributed by atoms with E-state index < -0.39 is 0 Å². The average molecular weight is 297 g/mol. The van der Waals surface area contributed by atoms with Crippen LogP contribution in [0.25, 0.3) is 0 Å². The number of halogens is 1. The summed E-state index contributed by atoms with van der Waals surface area (Å²) in [5, 5.41) is 3.61. The van der Waals surface area contributed by atoms with Gasteiger partial charge in [0.1, 0.15) is 0 Å². The van der Waals surface area contributed by atoms with Crippen LogP contribution in [-0.4, -0.2) is 12.6 Å². The number of hydrogen-bond donors (Lipinski definition) is 2. The molecule has 1 atom stereocenters. The maximum Gasteiger partial charge on any atom is 0.0489 e. The van der Waals surface area contributed by atoms with Gasteiger partial charge in [-0.2, -0.15) is 0 Å². The van der Waals surface area contributed by atoms with Gasteiger partial charge in [-0.05, 0) is 59.3 Å². The summed E-state index contributed by atoms with van der Waals surface area (Å²) >= 11 is 3.59. The third kappa shape index (κ3) is 3.23. The third-order valence-electron chi connectivity index (χ3n) is 3.69. The van der Waals surface area contributed by atoms with Gasteiger partial charge in [-0.1, -0.05) is 18.9 Å². The van der Waals surface area contributed by atoms with Crippen molar-refractivity contribution in [3.63, 3.8) is 0 Å². The Labute approximate surface area is 112 Å². The van der Waals surface area contributed by atoms with E-state index in [4.69, 9.17) is 5.73 Å². The molecule has 0 heterocycles. The Hall–Kier alpha value is -0.540. The minimum atomic E-state index is 0.413. The predicted molar refractivity (Wildman–Crippen MR) is 77.3 cm³/mol. The molecule has 0 amide bonds. The molecule has 2 nitrogen and oxygen atoms in total. The van der Waals surface area contributed by atoms with Crippen molar-refractivity contribution >= 4 is 21.6 Å². The quantitative estimate of drug-likeness (QED) is 0.889. The van der Waals surface area contributed by atoms with Gasteiger partial charge in [0.2, 0.25) is 0 Å². The molecule has 1 unspecified atom stereocenters. The lowest BCUT2D eigenvalue weighted by Gasteiger charge is -2.25. The second-order valence-corrected chi connectivity index (χ2v) is 5.87. The molecule has 3 heteroatoms. The van der Waals surface area contributed by atoms with Crippen LogP contribution in [0.15, 0.2) is 22.7 Å². The van der Waals surface area contributed by atoms with Crippen LogP contribution in [0.4, 0.5) is 5.69 Å². The molecular formula is C14H21BrN2. The minimum absolute atomic E-state index is 0.413. The minimum Gasteiger partial charge on any atom is -0.380 e. The molecular weight excluding hydrogens is 276 g/mol. The van der Waals surface area contributed by atoms with E-state index in [2.05, 4.69) is 46.4 Å². The lowest BCUT2D eigenvalue weighted by molar-refractivity contribution is 0.462. The van der Waals surface area contributed by atoms with Gasteiger partial charge in [0.05, 0.1) is 0 Å². The largest absolute Gasteiger partial charge is 0.380 e. The second kappa shape index (κ2) is 5.87. The van der Waals surface area contributed by atoms with E-state index >= 15 is 0 Å². The molecule has 1 fully saturated rings. The number of hydrogen-bond acceptors (Lipinski definition) is 2. The standard InChI is InChI=1S/C14H21BrN2/c1-10-6-7-12(15)13(8-10)17-14(9-16)11-4-2-3-5-11/h6-8,11,14,17H,2-5,9,16H2,1H3. The van der Waals surface area contributed by atoms with Crippen molar-refractivity contribution in [1.29, 1.82) is 0 Å². The Morgan fingerprint density at radius 1 is 1.41 bits per heavy atom. The molecule has 3 N–H and O–H groups in total. The SMILES string of the molecule is Cc1ccc(Br)c(NC(CN)C2CCCC2)c1. The summed E-state index contributed by atoms with van der Waals surface area (Å²) in [5.41, 5.74) is 8.36. The number of nitrogens with one attached hydrogen (secondary N) is 1. The van der Waals surface area contributed by atoms with Gasteiger partial charge in [-0.3, -0.25) is 0 Å². The van der Waals surface area contributed by atoms with Crippen molar-refractivity contribution in [1.82, 2.24) is 0 Å². The van der Waals surface area contributed by atoms with Gasteiger partial charge in [0.15, 0.2) is 0 Å². The molecule has 2 rings (SSSR count). The van der Waals surface area contributed by atoms with Gasteiger partial charge in [0, 0.05) is 22.7 Å². The fourth-order valence-electron chi connectivity index (χ4n) is 2.68. The van der Waals surface area contributed by atoms with Crippen LogP contribution >= 0.6 is 15.9 Å². The van der Waals surface area contributed by atoms with E-state index in [1.165, 1.54) is 36.9 Å². The van der Waals surface area contributed by atoms with Crippen LogP contribution in [0.1, 0.15) is 31.2 Å². The smallest absolute Gasteiger partial charge is 0.0489 e. The monoisotopic (exact) mass is 296 g/mol. The summed E-state index contributed by atoms with van der Waals surface area (Å²) in [6, 6.07) is 6.81. The Bertz CT molecular complexity index is 372. The fraction of sp³-hybridized carbons (Fsp3) is 0.571. The van der Waals surface area contributed by atoms with Crippen molar-refractivity contribution in [2.24, 2.45) is 11.7 Å². The van der Waals surface area contributed by atoms with Crippen molar-refractivity contribution < 1.29 is 0 Å². The lowest BCUT2D eigenvalue weighted by Crippen LogP contribution is -2.35. The van der Waals surface area contributed by atoms with E-state index in [-0.39, 0.29) is 0 Å². The Morgan fingerprint density at radius 2 is 2.12 bits per heavy atom.